The highest BCUT2D eigenvalue weighted by Gasteiger charge is 1.99. The molecule has 0 spiro atoms. The summed E-state index contributed by atoms with van der Waals surface area (Å²) in [6, 6.07) is 4.25. The van der Waals surface area contributed by atoms with E-state index in [0.717, 1.165) is 5.69 Å². The number of halogens is 2. The molecule has 0 radical (unpaired) electrons. The SMILES string of the molecule is CSNc1ccc(F)cc1Cl. The van der Waals surface area contributed by atoms with Crippen LogP contribution in [0, 0.1) is 5.82 Å². The van der Waals surface area contributed by atoms with Crippen LogP contribution in [0.3, 0.4) is 0 Å². The van der Waals surface area contributed by atoms with Crippen molar-refractivity contribution in [3.05, 3.63) is 29.0 Å². The molecule has 1 N–H and O–H groups in total. The number of hydrogen-bond donors (Lipinski definition) is 1. The molecule has 4 heteroatoms. The lowest BCUT2D eigenvalue weighted by molar-refractivity contribution is 0.628. The standard InChI is InChI=1S/C7H7ClFNS/c1-11-10-7-3-2-5(9)4-6(7)8/h2-4,10H,1H3. The molecule has 0 aliphatic rings. The molecule has 0 bridgehead atoms. The van der Waals surface area contributed by atoms with Crippen molar-refractivity contribution in [2.45, 2.75) is 0 Å². The molecule has 0 amide bonds. The van der Waals surface area contributed by atoms with E-state index in [-0.39, 0.29) is 5.82 Å². The van der Waals surface area contributed by atoms with Crippen molar-refractivity contribution < 1.29 is 4.39 Å². The van der Waals surface area contributed by atoms with Gasteiger partial charge in [0.2, 0.25) is 0 Å². The van der Waals surface area contributed by atoms with Crippen molar-refractivity contribution in [2.24, 2.45) is 0 Å². The summed E-state index contributed by atoms with van der Waals surface area (Å²) in [6.45, 7) is 0. The number of rotatable bonds is 2. The van der Waals surface area contributed by atoms with Crippen LogP contribution in [0.5, 0.6) is 0 Å². The normalized spacial score (nSPS) is 9.73. The maximum Gasteiger partial charge on any atom is 0.124 e. The van der Waals surface area contributed by atoms with Crippen LogP contribution in [0.1, 0.15) is 0 Å². The first-order valence-corrected chi connectivity index (χ1v) is 4.58. The largest absolute Gasteiger partial charge is 0.329 e. The van der Waals surface area contributed by atoms with Crippen molar-refractivity contribution in [2.75, 3.05) is 11.0 Å². The molecule has 1 aromatic rings. The van der Waals surface area contributed by atoms with Gasteiger partial charge < -0.3 is 4.72 Å². The highest BCUT2D eigenvalue weighted by Crippen LogP contribution is 2.23. The number of benzene rings is 1. The zero-order valence-electron chi connectivity index (χ0n) is 5.90. The first-order valence-electron chi connectivity index (χ1n) is 2.98. The molecule has 0 fully saturated rings. The van der Waals surface area contributed by atoms with Gasteiger partial charge in [-0.25, -0.2) is 4.39 Å². The first kappa shape index (κ1) is 8.68. The molecular formula is C7H7ClFNS. The van der Waals surface area contributed by atoms with E-state index in [2.05, 4.69) is 4.72 Å². The van der Waals surface area contributed by atoms with Gasteiger partial charge in [0, 0.05) is 6.26 Å². The number of anilines is 1. The Balaban J connectivity index is 2.90. The summed E-state index contributed by atoms with van der Waals surface area (Å²) >= 11 is 7.11. The second-order valence-corrected chi connectivity index (χ2v) is 2.95. The van der Waals surface area contributed by atoms with Gasteiger partial charge in [0.15, 0.2) is 0 Å². The van der Waals surface area contributed by atoms with Crippen LogP contribution in [0.2, 0.25) is 5.02 Å². The Morgan fingerprint density at radius 3 is 2.82 bits per heavy atom. The van der Waals surface area contributed by atoms with Crippen LogP contribution in [0.25, 0.3) is 0 Å². The summed E-state index contributed by atoms with van der Waals surface area (Å²) in [5.74, 6) is -0.318. The lowest BCUT2D eigenvalue weighted by atomic mass is 10.3. The van der Waals surface area contributed by atoms with E-state index in [1.54, 1.807) is 6.07 Å². The molecule has 1 rings (SSSR count). The van der Waals surface area contributed by atoms with Gasteiger partial charge >= 0.3 is 0 Å². The Hall–Kier alpha value is -0.410. The monoisotopic (exact) mass is 191 g/mol. The Morgan fingerprint density at radius 2 is 2.27 bits per heavy atom. The molecule has 0 unspecified atom stereocenters. The predicted molar refractivity (Wildman–Crippen MR) is 48.5 cm³/mol. The topological polar surface area (TPSA) is 12.0 Å². The van der Waals surface area contributed by atoms with Crippen LogP contribution >= 0.6 is 23.5 Å². The molecule has 0 heterocycles. The van der Waals surface area contributed by atoms with Gasteiger partial charge in [-0.2, -0.15) is 0 Å². The molecule has 60 valence electrons. The summed E-state index contributed by atoms with van der Waals surface area (Å²) in [5.41, 5.74) is 0.737. The summed E-state index contributed by atoms with van der Waals surface area (Å²) in [7, 11) is 0. The Morgan fingerprint density at radius 1 is 1.55 bits per heavy atom. The maximum absolute atomic E-state index is 12.5. The van der Waals surface area contributed by atoms with Gasteiger partial charge in [-0.3, -0.25) is 0 Å². The van der Waals surface area contributed by atoms with E-state index in [9.17, 15) is 4.39 Å². The third-order valence-corrected chi connectivity index (χ3v) is 1.88. The third-order valence-electron chi connectivity index (χ3n) is 1.14. The average molecular weight is 192 g/mol. The van der Waals surface area contributed by atoms with E-state index in [1.165, 1.54) is 24.1 Å². The minimum absolute atomic E-state index is 0.318. The summed E-state index contributed by atoms with van der Waals surface area (Å²) in [4.78, 5) is 0. The van der Waals surface area contributed by atoms with Gasteiger partial charge in [-0.05, 0) is 18.2 Å². The van der Waals surface area contributed by atoms with E-state index in [4.69, 9.17) is 11.6 Å². The molecule has 0 aliphatic heterocycles. The summed E-state index contributed by atoms with van der Waals surface area (Å²) < 4.78 is 15.4. The van der Waals surface area contributed by atoms with Gasteiger partial charge in [0.1, 0.15) is 5.82 Å². The van der Waals surface area contributed by atoms with Crippen LogP contribution in [0.15, 0.2) is 18.2 Å². The second kappa shape index (κ2) is 3.83. The van der Waals surface area contributed by atoms with Crippen molar-refractivity contribution in [3.63, 3.8) is 0 Å². The zero-order chi connectivity index (χ0) is 8.27. The lowest BCUT2D eigenvalue weighted by Crippen LogP contribution is -1.86. The molecule has 1 nitrogen and oxygen atoms in total. The van der Waals surface area contributed by atoms with Crippen LogP contribution in [0.4, 0.5) is 10.1 Å². The molecule has 0 saturated heterocycles. The van der Waals surface area contributed by atoms with Gasteiger partial charge in [0.05, 0.1) is 10.7 Å². The Labute approximate surface area is 74.1 Å². The third kappa shape index (κ3) is 2.27. The van der Waals surface area contributed by atoms with E-state index >= 15 is 0 Å². The van der Waals surface area contributed by atoms with Crippen LogP contribution in [-0.2, 0) is 0 Å². The highest BCUT2D eigenvalue weighted by atomic mass is 35.5. The Bertz CT molecular complexity index is 254. The van der Waals surface area contributed by atoms with Gasteiger partial charge in [-0.15, -0.1) is 0 Å². The van der Waals surface area contributed by atoms with E-state index < -0.39 is 0 Å². The Kier molecular flexibility index (Phi) is 3.02. The predicted octanol–water partition coefficient (Wildman–Crippen LogP) is 3.17. The fourth-order valence-electron chi connectivity index (χ4n) is 0.682. The molecule has 0 atom stereocenters. The van der Waals surface area contributed by atoms with Crippen molar-refractivity contribution in [1.82, 2.24) is 0 Å². The maximum atomic E-state index is 12.5. The zero-order valence-corrected chi connectivity index (χ0v) is 7.47. The first-order chi connectivity index (χ1) is 5.24. The van der Waals surface area contributed by atoms with Crippen LogP contribution in [-0.4, -0.2) is 6.26 Å². The fraction of sp³-hybridized carbons (Fsp3) is 0.143. The highest BCUT2D eigenvalue weighted by molar-refractivity contribution is 7.99. The summed E-state index contributed by atoms with van der Waals surface area (Å²) in [6.07, 6.45) is 1.87. The molecule has 0 saturated carbocycles. The molecule has 11 heavy (non-hydrogen) atoms. The van der Waals surface area contributed by atoms with Crippen molar-refractivity contribution in [1.29, 1.82) is 0 Å². The molecule has 1 aromatic carbocycles. The van der Waals surface area contributed by atoms with Crippen molar-refractivity contribution >= 4 is 29.2 Å². The second-order valence-electron chi connectivity index (χ2n) is 1.93. The molecule has 0 aliphatic carbocycles. The number of nitrogens with one attached hydrogen (secondary N) is 1. The van der Waals surface area contributed by atoms with E-state index in [1.807, 2.05) is 6.26 Å². The minimum atomic E-state index is -0.318. The summed E-state index contributed by atoms with van der Waals surface area (Å²) in [5, 5.41) is 0.402. The van der Waals surface area contributed by atoms with Gasteiger partial charge in [0.25, 0.3) is 0 Å². The average Bonchev–Trinajstić information content (AvgIpc) is 1.95. The molecular weight excluding hydrogens is 185 g/mol. The van der Waals surface area contributed by atoms with Crippen LogP contribution < -0.4 is 4.72 Å². The minimum Gasteiger partial charge on any atom is -0.329 e. The van der Waals surface area contributed by atoms with Gasteiger partial charge in [-0.1, -0.05) is 23.5 Å². The quantitative estimate of drug-likeness (QED) is 0.721. The van der Waals surface area contributed by atoms with Crippen molar-refractivity contribution in [3.8, 4) is 0 Å². The van der Waals surface area contributed by atoms with E-state index in [0.29, 0.717) is 5.02 Å². The lowest BCUT2D eigenvalue weighted by Gasteiger charge is -2.03. The molecule has 0 aromatic heterocycles. The smallest absolute Gasteiger partial charge is 0.124 e. The number of hydrogen-bond acceptors (Lipinski definition) is 2. The fourth-order valence-corrected chi connectivity index (χ4v) is 1.35.